The lowest BCUT2D eigenvalue weighted by atomic mass is 9.75. The lowest BCUT2D eigenvalue weighted by molar-refractivity contribution is -0.156. The van der Waals surface area contributed by atoms with Crippen LogP contribution in [0.1, 0.15) is 40.0 Å². The third kappa shape index (κ3) is 4.46. The summed E-state index contributed by atoms with van der Waals surface area (Å²) in [5.74, 6) is 2.17. The molecule has 0 N–H and O–H groups in total. The van der Waals surface area contributed by atoms with Crippen molar-refractivity contribution in [1.82, 2.24) is 9.55 Å². The van der Waals surface area contributed by atoms with Crippen molar-refractivity contribution in [3.63, 3.8) is 0 Å². The number of carbonyl (C=O) groups is 1. The Kier molecular flexibility index (Phi) is 6.28. The maximum absolute atomic E-state index is 13.1. The van der Waals surface area contributed by atoms with E-state index >= 15 is 0 Å². The number of hydrogen-bond acceptors (Lipinski definition) is 3. The number of ether oxygens (including phenoxy) is 1. The van der Waals surface area contributed by atoms with Gasteiger partial charge in [-0.05, 0) is 54.9 Å². The van der Waals surface area contributed by atoms with E-state index in [9.17, 15) is 4.79 Å². The van der Waals surface area contributed by atoms with Gasteiger partial charge in [0.25, 0.3) is 0 Å². The topological polar surface area (TPSA) is 44.1 Å². The summed E-state index contributed by atoms with van der Waals surface area (Å²) >= 11 is 3.49. The zero-order valence-corrected chi connectivity index (χ0v) is 19.4. The fourth-order valence-electron chi connectivity index (χ4n) is 4.64. The van der Waals surface area contributed by atoms with E-state index in [1.165, 1.54) is 6.42 Å². The van der Waals surface area contributed by atoms with Gasteiger partial charge in [-0.15, -0.1) is 0 Å². The standard InChI is InChI=1S/C25H29BrN2O2/c1-16(2)20-13-8-17(3)14-23(20)30-24(29)15-28-22-7-5-4-6-21(22)27-25(28)18-9-11-19(26)12-10-18/h4-7,9-12,16-17,20,23H,8,13-15H2,1-3H3/t17-,20?,23-/m1/s1. The third-order valence-corrected chi connectivity index (χ3v) is 6.82. The van der Waals surface area contributed by atoms with Gasteiger partial charge < -0.3 is 9.30 Å². The molecule has 1 saturated carbocycles. The predicted octanol–water partition coefficient (Wildman–Crippen LogP) is 6.47. The number of carbonyl (C=O) groups excluding carboxylic acids is 1. The van der Waals surface area contributed by atoms with Crippen LogP contribution in [0.25, 0.3) is 22.4 Å². The minimum atomic E-state index is -0.179. The molecule has 3 aromatic rings. The first-order valence-electron chi connectivity index (χ1n) is 10.8. The van der Waals surface area contributed by atoms with Crippen LogP contribution in [0.15, 0.2) is 53.0 Å². The molecule has 0 spiro atoms. The van der Waals surface area contributed by atoms with Gasteiger partial charge in [-0.2, -0.15) is 0 Å². The van der Waals surface area contributed by atoms with Gasteiger partial charge in [0.2, 0.25) is 0 Å². The van der Waals surface area contributed by atoms with Crippen molar-refractivity contribution in [2.45, 2.75) is 52.7 Å². The zero-order valence-electron chi connectivity index (χ0n) is 17.8. The molecule has 1 aromatic heterocycles. The van der Waals surface area contributed by atoms with E-state index < -0.39 is 0 Å². The van der Waals surface area contributed by atoms with Gasteiger partial charge in [0.15, 0.2) is 0 Å². The molecular formula is C25H29BrN2O2. The summed E-state index contributed by atoms with van der Waals surface area (Å²) in [6, 6.07) is 16.0. The Morgan fingerprint density at radius 2 is 1.90 bits per heavy atom. The summed E-state index contributed by atoms with van der Waals surface area (Å²) in [6.45, 7) is 6.89. The molecule has 5 heteroatoms. The van der Waals surface area contributed by atoms with Crippen molar-refractivity contribution < 1.29 is 9.53 Å². The molecule has 3 atom stereocenters. The molecule has 4 rings (SSSR count). The van der Waals surface area contributed by atoms with E-state index in [2.05, 4.69) is 36.7 Å². The number of benzene rings is 2. The van der Waals surface area contributed by atoms with Crippen LogP contribution in [-0.2, 0) is 16.1 Å². The van der Waals surface area contributed by atoms with E-state index in [1.54, 1.807) is 0 Å². The van der Waals surface area contributed by atoms with E-state index in [1.807, 2.05) is 53.1 Å². The number of esters is 1. The van der Waals surface area contributed by atoms with Crippen molar-refractivity contribution >= 4 is 32.9 Å². The Morgan fingerprint density at radius 3 is 2.63 bits per heavy atom. The Hall–Kier alpha value is -2.14. The van der Waals surface area contributed by atoms with E-state index in [0.717, 1.165) is 39.7 Å². The van der Waals surface area contributed by atoms with Crippen molar-refractivity contribution in [3.8, 4) is 11.4 Å². The van der Waals surface area contributed by atoms with Gasteiger partial charge in [-0.3, -0.25) is 4.79 Å². The van der Waals surface area contributed by atoms with E-state index in [0.29, 0.717) is 17.8 Å². The average molecular weight is 469 g/mol. The van der Waals surface area contributed by atoms with Crippen molar-refractivity contribution in [2.24, 2.45) is 17.8 Å². The summed E-state index contributed by atoms with van der Waals surface area (Å²) in [5.41, 5.74) is 2.81. The van der Waals surface area contributed by atoms with Crippen LogP contribution in [0.4, 0.5) is 0 Å². The van der Waals surface area contributed by atoms with Crippen molar-refractivity contribution in [2.75, 3.05) is 0 Å². The number of nitrogens with zero attached hydrogens (tertiary/aromatic N) is 2. The van der Waals surface area contributed by atoms with Gasteiger partial charge in [0.05, 0.1) is 11.0 Å². The monoisotopic (exact) mass is 468 g/mol. The summed E-state index contributed by atoms with van der Waals surface area (Å²) < 4.78 is 9.07. The highest BCUT2D eigenvalue weighted by Gasteiger charge is 2.33. The second kappa shape index (κ2) is 8.93. The first-order chi connectivity index (χ1) is 14.4. The molecule has 158 valence electrons. The van der Waals surface area contributed by atoms with Crippen LogP contribution in [0.2, 0.25) is 0 Å². The normalized spacial score (nSPS) is 21.8. The molecule has 0 radical (unpaired) electrons. The van der Waals surface area contributed by atoms with Gasteiger partial charge in [-0.1, -0.05) is 67.4 Å². The highest BCUT2D eigenvalue weighted by atomic mass is 79.9. The number of hydrogen-bond donors (Lipinski definition) is 0. The summed E-state index contributed by atoms with van der Waals surface area (Å²) in [7, 11) is 0. The van der Waals surface area contributed by atoms with Crippen LogP contribution < -0.4 is 0 Å². The molecule has 0 aliphatic heterocycles. The maximum Gasteiger partial charge on any atom is 0.326 e. The van der Waals surface area contributed by atoms with Crippen LogP contribution >= 0.6 is 15.9 Å². The molecule has 1 aliphatic carbocycles. The first kappa shape index (κ1) is 21.1. The number of imidazole rings is 1. The van der Waals surface area contributed by atoms with Crippen LogP contribution in [0, 0.1) is 17.8 Å². The smallest absolute Gasteiger partial charge is 0.326 e. The highest BCUT2D eigenvalue weighted by Crippen LogP contribution is 2.35. The lowest BCUT2D eigenvalue weighted by Crippen LogP contribution is -2.36. The molecule has 4 nitrogen and oxygen atoms in total. The fraction of sp³-hybridized carbons (Fsp3) is 0.440. The molecule has 1 heterocycles. The Morgan fingerprint density at radius 1 is 1.17 bits per heavy atom. The second-order valence-corrected chi connectivity index (χ2v) is 9.79. The van der Waals surface area contributed by atoms with Crippen LogP contribution in [0.3, 0.4) is 0 Å². The minimum absolute atomic E-state index is 0.00664. The summed E-state index contributed by atoms with van der Waals surface area (Å²) in [5, 5.41) is 0. The third-order valence-electron chi connectivity index (χ3n) is 6.29. The molecule has 1 fully saturated rings. The van der Waals surface area contributed by atoms with E-state index in [4.69, 9.17) is 9.72 Å². The number of halogens is 1. The van der Waals surface area contributed by atoms with Gasteiger partial charge in [0.1, 0.15) is 18.5 Å². The molecule has 30 heavy (non-hydrogen) atoms. The largest absolute Gasteiger partial charge is 0.461 e. The predicted molar refractivity (Wildman–Crippen MR) is 124 cm³/mol. The Balaban J connectivity index is 1.62. The van der Waals surface area contributed by atoms with Crippen LogP contribution in [0.5, 0.6) is 0 Å². The fourth-order valence-corrected chi connectivity index (χ4v) is 4.90. The molecule has 0 bridgehead atoms. The average Bonchev–Trinajstić information content (AvgIpc) is 3.07. The molecule has 0 amide bonds. The van der Waals surface area contributed by atoms with Crippen molar-refractivity contribution in [1.29, 1.82) is 0 Å². The second-order valence-electron chi connectivity index (χ2n) is 8.87. The summed E-state index contributed by atoms with van der Waals surface area (Å²) in [6.07, 6.45) is 3.32. The molecule has 0 saturated heterocycles. The number of fused-ring (bicyclic) bond motifs is 1. The highest BCUT2D eigenvalue weighted by molar-refractivity contribution is 9.10. The maximum atomic E-state index is 13.1. The number of aromatic nitrogens is 2. The van der Waals surface area contributed by atoms with Gasteiger partial charge >= 0.3 is 5.97 Å². The lowest BCUT2D eigenvalue weighted by Gasteiger charge is -2.36. The SMILES string of the molecule is CC(C)C1CC[C@@H](C)C[C@H]1OC(=O)Cn1c(-c2ccc(Br)cc2)nc2ccccc21. The Labute approximate surface area is 186 Å². The first-order valence-corrected chi connectivity index (χ1v) is 11.6. The Bertz CT molecular complexity index is 1030. The van der Waals surface area contributed by atoms with Crippen molar-refractivity contribution in [3.05, 3.63) is 53.0 Å². The van der Waals surface area contributed by atoms with E-state index in [-0.39, 0.29) is 18.6 Å². The molecule has 1 unspecified atom stereocenters. The number of rotatable bonds is 5. The van der Waals surface area contributed by atoms with Crippen LogP contribution in [-0.4, -0.2) is 21.6 Å². The molecule has 1 aliphatic rings. The molecular weight excluding hydrogens is 440 g/mol. The minimum Gasteiger partial charge on any atom is -0.461 e. The summed E-state index contributed by atoms with van der Waals surface area (Å²) in [4.78, 5) is 17.9. The number of para-hydroxylation sites is 2. The molecule has 2 aromatic carbocycles. The zero-order chi connectivity index (χ0) is 21.3. The van der Waals surface area contributed by atoms with Gasteiger partial charge in [-0.25, -0.2) is 4.98 Å². The van der Waals surface area contributed by atoms with Gasteiger partial charge in [0, 0.05) is 10.0 Å². The quantitative estimate of drug-likeness (QED) is 0.403.